The van der Waals surface area contributed by atoms with E-state index in [2.05, 4.69) is 92.9 Å². The number of para-hydroxylation sites is 2. The molecular weight excluding hydrogens is 550 g/mol. The Balaban J connectivity index is 1.36. The maximum atomic E-state index is 5.16. The van der Waals surface area contributed by atoms with Crippen molar-refractivity contribution >= 4 is 11.0 Å². The van der Waals surface area contributed by atoms with E-state index >= 15 is 0 Å². The molecule has 0 saturated carbocycles. The van der Waals surface area contributed by atoms with Crippen molar-refractivity contribution in [2.24, 2.45) is 0 Å². The third-order valence-electron chi connectivity index (χ3n) is 8.21. The average Bonchev–Trinajstić information content (AvgIpc) is 3.48. The minimum Gasteiger partial charge on any atom is -0.292 e. The number of imidazole rings is 1. The van der Waals surface area contributed by atoms with E-state index in [4.69, 9.17) is 19.9 Å². The number of fused-ring (bicyclic) bond motifs is 1. The molecule has 2 aromatic heterocycles. The molecule has 2 heterocycles. The molecule has 0 amide bonds. The summed E-state index contributed by atoms with van der Waals surface area (Å²) in [4.78, 5) is 19.8. The van der Waals surface area contributed by atoms with Crippen molar-refractivity contribution in [2.45, 2.75) is 39.5 Å². The van der Waals surface area contributed by atoms with E-state index in [1.807, 2.05) is 66.7 Å². The lowest BCUT2D eigenvalue weighted by Gasteiger charge is -2.16. The van der Waals surface area contributed by atoms with Crippen molar-refractivity contribution in [1.29, 1.82) is 0 Å². The Hall–Kier alpha value is -5.42. The molecule has 0 aliphatic heterocycles. The van der Waals surface area contributed by atoms with Gasteiger partial charge in [0.2, 0.25) is 0 Å². The van der Waals surface area contributed by atoms with Crippen molar-refractivity contribution in [1.82, 2.24) is 24.5 Å². The molecule has 0 spiro atoms. The molecule has 7 aromatic rings. The summed E-state index contributed by atoms with van der Waals surface area (Å²) in [6.45, 7) is 8.99. The van der Waals surface area contributed by atoms with Crippen molar-refractivity contribution in [2.75, 3.05) is 0 Å². The van der Waals surface area contributed by atoms with Crippen LogP contribution in [0.1, 0.15) is 50.7 Å². The second-order valence-electron chi connectivity index (χ2n) is 12.0. The second kappa shape index (κ2) is 11.9. The zero-order chi connectivity index (χ0) is 30.9. The standard InChI is InChI=1S/C40H35N5/c1-26(2)31-23-32(27(3)4)25-33(24-31)40-41-35-17-11-12-18-36(35)45(40)34-21-19-30(20-22-34)39-43-37(28-13-7-5-8-14-28)42-38(44-39)29-15-9-6-10-16-29/h5-27H,1-4H3. The number of hydrogen-bond donors (Lipinski definition) is 0. The molecule has 5 aromatic carbocycles. The van der Waals surface area contributed by atoms with E-state index in [9.17, 15) is 0 Å². The molecule has 220 valence electrons. The van der Waals surface area contributed by atoms with E-state index in [1.54, 1.807) is 0 Å². The Labute approximate surface area is 264 Å². The van der Waals surface area contributed by atoms with Crippen LogP contribution in [0.2, 0.25) is 0 Å². The quantitative estimate of drug-likeness (QED) is 0.187. The van der Waals surface area contributed by atoms with Gasteiger partial charge in [-0.05, 0) is 71.5 Å². The van der Waals surface area contributed by atoms with Crippen LogP contribution in [0.4, 0.5) is 0 Å². The fraction of sp³-hybridized carbons (Fsp3) is 0.150. The van der Waals surface area contributed by atoms with Crippen LogP contribution in [0, 0.1) is 0 Å². The van der Waals surface area contributed by atoms with Gasteiger partial charge in [-0.2, -0.15) is 0 Å². The Bertz CT molecular complexity index is 2010. The highest BCUT2D eigenvalue weighted by Gasteiger charge is 2.18. The normalized spacial score (nSPS) is 11.5. The van der Waals surface area contributed by atoms with Gasteiger partial charge in [-0.25, -0.2) is 19.9 Å². The van der Waals surface area contributed by atoms with Crippen LogP contribution < -0.4 is 0 Å². The Kier molecular flexibility index (Phi) is 7.52. The minimum absolute atomic E-state index is 0.418. The molecule has 0 fully saturated rings. The lowest BCUT2D eigenvalue weighted by Crippen LogP contribution is -2.02. The van der Waals surface area contributed by atoms with Gasteiger partial charge in [-0.1, -0.05) is 107 Å². The van der Waals surface area contributed by atoms with Gasteiger partial charge in [0.1, 0.15) is 5.82 Å². The first kappa shape index (κ1) is 28.4. The van der Waals surface area contributed by atoms with Gasteiger partial charge < -0.3 is 0 Å². The summed E-state index contributed by atoms with van der Waals surface area (Å²) in [6, 6.07) is 43.9. The Morgan fingerprint density at radius 2 is 0.911 bits per heavy atom. The summed E-state index contributed by atoms with van der Waals surface area (Å²) < 4.78 is 2.26. The third kappa shape index (κ3) is 5.65. The van der Waals surface area contributed by atoms with Crippen LogP contribution in [0.15, 0.2) is 127 Å². The molecule has 0 N–H and O–H groups in total. The highest BCUT2D eigenvalue weighted by Crippen LogP contribution is 2.34. The number of aromatic nitrogens is 5. The highest BCUT2D eigenvalue weighted by molar-refractivity contribution is 5.83. The van der Waals surface area contributed by atoms with Crippen LogP contribution in [0.5, 0.6) is 0 Å². The number of rotatable bonds is 7. The molecule has 5 nitrogen and oxygen atoms in total. The third-order valence-corrected chi connectivity index (χ3v) is 8.21. The van der Waals surface area contributed by atoms with E-state index in [0.717, 1.165) is 44.8 Å². The SMILES string of the molecule is CC(C)c1cc(-c2nc3ccccc3n2-c2ccc(-c3nc(-c4ccccc4)nc(-c4ccccc4)n3)cc2)cc(C(C)C)c1. The predicted molar refractivity (Wildman–Crippen MR) is 184 cm³/mol. The fourth-order valence-electron chi connectivity index (χ4n) is 5.65. The summed E-state index contributed by atoms with van der Waals surface area (Å²) >= 11 is 0. The topological polar surface area (TPSA) is 56.5 Å². The van der Waals surface area contributed by atoms with Crippen molar-refractivity contribution in [3.8, 4) is 51.2 Å². The van der Waals surface area contributed by atoms with Gasteiger partial charge in [-0.3, -0.25) is 4.57 Å². The maximum absolute atomic E-state index is 5.16. The fourth-order valence-corrected chi connectivity index (χ4v) is 5.65. The monoisotopic (exact) mass is 585 g/mol. The molecule has 5 heteroatoms. The predicted octanol–water partition coefficient (Wildman–Crippen LogP) is 10.1. The lowest BCUT2D eigenvalue weighted by molar-refractivity contribution is 0.834. The van der Waals surface area contributed by atoms with Gasteiger partial charge in [-0.15, -0.1) is 0 Å². The molecule has 0 unspecified atom stereocenters. The summed E-state index contributed by atoms with van der Waals surface area (Å²) in [7, 11) is 0. The maximum Gasteiger partial charge on any atom is 0.164 e. The minimum atomic E-state index is 0.418. The van der Waals surface area contributed by atoms with Crippen molar-refractivity contribution < 1.29 is 0 Å². The van der Waals surface area contributed by atoms with Crippen LogP contribution in [-0.2, 0) is 0 Å². The summed E-state index contributed by atoms with van der Waals surface area (Å²) in [6.07, 6.45) is 0. The molecule has 45 heavy (non-hydrogen) atoms. The molecule has 0 saturated heterocycles. The average molecular weight is 586 g/mol. The van der Waals surface area contributed by atoms with Crippen LogP contribution in [-0.4, -0.2) is 24.5 Å². The first-order valence-electron chi connectivity index (χ1n) is 15.5. The number of hydrogen-bond acceptors (Lipinski definition) is 4. The molecule has 0 aliphatic carbocycles. The first-order chi connectivity index (χ1) is 21.9. The van der Waals surface area contributed by atoms with Crippen LogP contribution in [0.25, 0.3) is 62.3 Å². The van der Waals surface area contributed by atoms with Gasteiger partial charge >= 0.3 is 0 Å². The van der Waals surface area contributed by atoms with Crippen molar-refractivity contribution in [3.63, 3.8) is 0 Å². The molecule has 7 rings (SSSR count). The molecular formula is C40H35N5. The zero-order valence-electron chi connectivity index (χ0n) is 26.0. The number of nitrogens with zero attached hydrogens (tertiary/aromatic N) is 5. The van der Waals surface area contributed by atoms with E-state index < -0.39 is 0 Å². The molecule has 0 radical (unpaired) electrons. The zero-order valence-corrected chi connectivity index (χ0v) is 26.0. The van der Waals surface area contributed by atoms with Crippen LogP contribution in [0.3, 0.4) is 0 Å². The Morgan fingerprint density at radius 3 is 1.42 bits per heavy atom. The molecule has 0 bridgehead atoms. The van der Waals surface area contributed by atoms with Gasteiger partial charge in [0.05, 0.1) is 11.0 Å². The Morgan fingerprint density at radius 1 is 0.444 bits per heavy atom. The lowest BCUT2D eigenvalue weighted by atomic mass is 9.93. The van der Waals surface area contributed by atoms with E-state index in [0.29, 0.717) is 29.3 Å². The van der Waals surface area contributed by atoms with Gasteiger partial charge in [0.25, 0.3) is 0 Å². The smallest absolute Gasteiger partial charge is 0.164 e. The number of benzene rings is 5. The van der Waals surface area contributed by atoms with E-state index in [1.165, 1.54) is 11.1 Å². The summed E-state index contributed by atoms with van der Waals surface area (Å²) in [5, 5.41) is 0. The van der Waals surface area contributed by atoms with Crippen LogP contribution >= 0.6 is 0 Å². The van der Waals surface area contributed by atoms with E-state index in [-0.39, 0.29) is 0 Å². The largest absolute Gasteiger partial charge is 0.292 e. The summed E-state index contributed by atoms with van der Waals surface area (Å²) in [5.74, 6) is 3.71. The van der Waals surface area contributed by atoms with Gasteiger partial charge in [0.15, 0.2) is 17.5 Å². The summed E-state index contributed by atoms with van der Waals surface area (Å²) in [5.41, 5.74) is 9.67. The molecule has 0 atom stereocenters. The van der Waals surface area contributed by atoms with Gasteiger partial charge in [0, 0.05) is 27.9 Å². The highest BCUT2D eigenvalue weighted by atomic mass is 15.1. The second-order valence-corrected chi connectivity index (χ2v) is 12.0. The van der Waals surface area contributed by atoms with Crippen molar-refractivity contribution in [3.05, 3.63) is 139 Å². The molecule has 0 aliphatic rings. The first-order valence-corrected chi connectivity index (χ1v) is 15.5.